The normalized spacial score (nSPS) is 9.30. The van der Waals surface area contributed by atoms with Crippen LogP contribution in [0.4, 0.5) is 0 Å². The zero-order valence-corrected chi connectivity index (χ0v) is 13.5. The summed E-state index contributed by atoms with van der Waals surface area (Å²) in [7, 11) is 0. The number of hydrogen-bond acceptors (Lipinski definition) is 3. The van der Waals surface area contributed by atoms with E-state index in [9.17, 15) is 9.90 Å². The number of carboxylic acids is 1. The second-order valence-electron chi connectivity index (χ2n) is 4.15. The standard InChI is InChI=1S/C15H14O3.Na.H2O/c1-10-4-2-3-5-13(10)14-7-6-11(15(17)18)8-12(14)9-16;;/h2-8,16H,9H2,1H3,(H,17,18);;1H2/q;+1;/p-1. The summed E-state index contributed by atoms with van der Waals surface area (Å²) in [5.41, 5.74) is 3.80. The van der Waals surface area contributed by atoms with Gasteiger partial charge in [0.25, 0.3) is 0 Å². The van der Waals surface area contributed by atoms with Gasteiger partial charge in [0.1, 0.15) is 0 Å². The van der Waals surface area contributed by atoms with Gasteiger partial charge in [0.05, 0.1) is 12.2 Å². The number of aliphatic hydroxyl groups excluding tert-OH is 1. The first kappa shape index (κ1) is 18.8. The molecular formula is C15H15NaO4. The molecule has 2 aromatic carbocycles. The van der Waals surface area contributed by atoms with Crippen molar-refractivity contribution in [3.05, 3.63) is 59.2 Å². The van der Waals surface area contributed by atoms with E-state index in [1.165, 1.54) is 6.07 Å². The van der Waals surface area contributed by atoms with Gasteiger partial charge in [-0.05, 0) is 41.3 Å². The Balaban J connectivity index is 0.00000180. The van der Waals surface area contributed by atoms with Crippen LogP contribution in [-0.4, -0.2) is 21.7 Å². The van der Waals surface area contributed by atoms with Crippen molar-refractivity contribution in [1.29, 1.82) is 0 Å². The molecule has 0 fully saturated rings. The first-order valence-electron chi connectivity index (χ1n) is 5.66. The van der Waals surface area contributed by atoms with Gasteiger partial charge < -0.3 is 15.7 Å². The molecular weight excluding hydrogens is 267 g/mol. The van der Waals surface area contributed by atoms with Crippen molar-refractivity contribution in [2.45, 2.75) is 13.5 Å². The molecule has 0 atom stereocenters. The summed E-state index contributed by atoms with van der Waals surface area (Å²) in [5, 5.41) is 18.3. The molecule has 0 saturated carbocycles. The van der Waals surface area contributed by atoms with Crippen molar-refractivity contribution in [3.8, 4) is 11.1 Å². The maximum Gasteiger partial charge on any atom is 1.00 e. The number of benzene rings is 2. The molecule has 4 nitrogen and oxygen atoms in total. The average molecular weight is 282 g/mol. The van der Waals surface area contributed by atoms with Gasteiger partial charge in [0.15, 0.2) is 0 Å². The molecule has 0 unspecified atom stereocenters. The van der Waals surface area contributed by atoms with E-state index < -0.39 is 5.97 Å². The molecule has 5 heteroatoms. The van der Waals surface area contributed by atoms with Crippen LogP contribution < -0.4 is 29.6 Å². The second-order valence-corrected chi connectivity index (χ2v) is 4.15. The van der Waals surface area contributed by atoms with Crippen LogP contribution in [0.5, 0.6) is 0 Å². The fourth-order valence-electron chi connectivity index (χ4n) is 2.00. The van der Waals surface area contributed by atoms with Gasteiger partial charge in [-0.1, -0.05) is 30.3 Å². The van der Waals surface area contributed by atoms with Crippen molar-refractivity contribution < 1.29 is 50.0 Å². The molecule has 0 amide bonds. The molecule has 0 aromatic heterocycles. The number of carbonyl (C=O) groups is 1. The van der Waals surface area contributed by atoms with Crippen LogP contribution in [0.3, 0.4) is 0 Å². The van der Waals surface area contributed by atoms with E-state index in [1.54, 1.807) is 12.1 Å². The molecule has 3 N–H and O–H groups in total. The quantitative estimate of drug-likeness (QED) is 0.755. The summed E-state index contributed by atoms with van der Waals surface area (Å²) in [6.07, 6.45) is 0. The van der Waals surface area contributed by atoms with E-state index in [1.807, 2.05) is 31.2 Å². The summed E-state index contributed by atoms with van der Waals surface area (Å²) in [5.74, 6) is -0.985. The van der Waals surface area contributed by atoms with Crippen LogP contribution in [0.2, 0.25) is 0 Å². The molecule has 0 aliphatic heterocycles. The van der Waals surface area contributed by atoms with E-state index >= 15 is 0 Å². The molecule has 2 aromatic rings. The summed E-state index contributed by atoms with van der Waals surface area (Å²) in [6, 6.07) is 12.6. The van der Waals surface area contributed by atoms with Gasteiger partial charge in [-0.15, -0.1) is 0 Å². The van der Waals surface area contributed by atoms with E-state index in [0.717, 1.165) is 16.7 Å². The predicted molar refractivity (Wildman–Crippen MR) is 71.4 cm³/mol. The van der Waals surface area contributed by atoms with Gasteiger partial charge >= 0.3 is 35.5 Å². The van der Waals surface area contributed by atoms with Crippen molar-refractivity contribution in [2.24, 2.45) is 0 Å². The Morgan fingerprint density at radius 3 is 2.30 bits per heavy atom. The first-order chi connectivity index (χ1) is 8.63. The molecule has 0 saturated heterocycles. The third-order valence-corrected chi connectivity index (χ3v) is 2.96. The van der Waals surface area contributed by atoms with Gasteiger partial charge in [0.2, 0.25) is 0 Å². The molecule has 20 heavy (non-hydrogen) atoms. The first-order valence-corrected chi connectivity index (χ1v) is 5.66. The van der Waals surface area contributed by atoms with E-state index in [0.29, 0.717) is 5.56 Å². The van der Waals surface area contributed by atoms with Crippen molar-refractivity contribution >= 4 is 5.97 Å². The minimum Gasteiger partial charge on any atom is -0.870 e. The van der Waals surface area contributed by atoms with Crippen LogP contribution in [0, 0.1) is 6.92 Å². The Morgan fingerprint density at radius 2 is 1.75 bits per heavy atom. The predicted octanol–water partition coefficient (Wildman–Crippen LogP) is -0.320. The summed E-state index contributed by atoms with van der Waals surface area (Å²) < 4.78 is 0. The summed E-state index contributed by atoms with van der Waals surface area (Å²) in [6.45, 7) is 1.81. The zero-order chi connectivity index (χ0) is 13.1. The third kappa shape index (κ3) is 3.91. The average Bonchev–Trinajstić information content (AvgIpc) is 2.38. The van der Waals surface area contributed by atoms with Crippen LogP contribution in [0.15, 0.2) is 42.5 Å². The van der Waals surface area contributed by atoms with Crippen molar-refractivity contribution in [1.82, 2.24) is 0 Å². The maximum atomic E-state index is 10.9. The van der Waals surface area contributed by atoms with Crippen LogP contribution >= 0.6 is 0 Å². The van der Waals surface area contributed by atoms with Crippen LogP contribution in [0.25, 0.3) is 11.1 Å². The zero-order valence-electron chi connectivity index (χ0n) is 11.5. The summed E-state index contributed by atoms with van der Waals surface area (Å²) >= 11 is 0. The summed E-state index contributed by atoms with van der Waals surface area (Å²) in [4.78, 5) is 10.9. The monoisotopic (exact) mass is 282 g/mol. The fourth-order valence-corrected chi connectivity index (χ4v) is 2.00. The molecule has 0 bridgehead atoms. The largest absolute Gasteiger partial charge is 1.00 e. The molecule has 0 radical (unpaired) electrons. The Morgan fingerprint density at radius 1 is 1.10 bits per heavy atom. The number of rotatable bonds is 3. The smallest absolute Gasteiger partial charge is 0.870 e. The minimum absolute atomic E-state index is 0. The van der Waals surface area contributed by atoms with Gasteiger partial charge in [-0.2, -0.15) is 0 Å². The van der Waals surface area contributed by atoms with E-state index in [2.05, 4.69) is 0 Å². The van der Waals surface area contributed by atoms with Gasteiger partial charge in [0, 0.05) is 0 Å². The number of aliphatic hydroxyl groups is 1. The molecule has 0 aliphatic carbocycles. The van der Waals surface area contributed by atoms with Gasteiger partial charge in [-0.3, -0.25) is 0 Å². The van der Waals surface area contributed by atoms with Gasteiger partial charge in [-0.25, -0.2) is 4.79 Å². The number of hydrogen-bond donors (Lipinski definition) is 2. The fraction of sp³-hybridized carbons (Fsp3) is 0.133. The number of carboxylic acid groups (broad SMARTS) is 1. The van der Waals surface area contributed by atoms with Crippen LogP contribution in [-0.2, 0) is 6.61 Å². The maximum absolute atomic E-state index is 10.9. The molecule has 0 aliphatic rings. The number of aromatic carboxylic acids is 1. The van der Waals surface area contributed by atoms with Crippen molar-refractivity contribution in [2.75, 3.05) is 0 Å². The topological polar surface area (TPSA) is 87.5 Å². The molecule has 2 rings (SSSR count). The molecule has 100 valence electrons. The second kappa shape index (κ2) is 8.19. The Bertz CT molecular complexity index is 596. The Kier molecular flexibility index (Phi) is 7.71. The van der Waals surface area contributed by atoms with E-state index in [-0.39, 0.29) is 47.2 Å². The van der Waals surface area contributed by atoms with Crippen LogP contribution in [0.1, 0.15) is 21.5 Å². The van der Waals surface area contributed by atoms with E-state index in [4.69, 9.17) is 5.11 Å². The SMILES string of the molecule is Cc1ccccc1-c1ccc(C(=O)O)cc1CO.[Na+].[OH-]. The Hall–Kier alpha value is -1.17. The molecule has 0 heterocycles. The minimum atomic E-state index is -0.985. The third-order valence-electron chi connectivity index (χ3n) is 2.96. The van der Waals surface area contributed by atoms with Crippen molar-refractivity contribution in [3.63, 3.8) is 0 Å². The molecule has 0 spiro atoms. The number of aryl methyl sites for hydroxylation is 1. The Labute approximate surface area is 139 Å².